The molecule has 3 amide bonds. The number of aliphatic carboxylic acids is 3. The summed E-state index contributed by atoms with van der Waals surface area (Å²) in [7, 11) is 0. The molecule has 58 heavy (non-hydrogen) atoms. The van der Waals surface area contributed by atoms with Crippen LogP contribution in [-0.2, 0) is 28.8 Å². The number of β-lactam (4-membered cyclic amide) rings is 1. The van der Waals surface area contributed by atoms with Crippen LogP contribution < -0.4 is 16.4 Å². The number of amides is 3. The molecule has 2 fully saturated rings. The van der Waals surface area contributed by atoms with Gasteiger partial charge in [-0.1, -0.05) is 36.5 Å². The molecule has 18 nitrogen and oxygen atoms in total. The van der Waals surface area contributed by atoms with E-state index < -0.39 is 70.8 Å². The number of thioether (sulfide) groups is 2. The van der Waals surface area contributed by atoms with Gasteiger partial charge in [0.05, 0.1) is 10.6 Å². The van der Waals surface area contributed by atoms with E-state index in [1.807, 2.05) is 0 Å². The van der Waals surface area contributed by atoms with Crippen LogP contribution in [0.1, 0.15) is 48.7 Å². The van der Waals surface area contributed by atoms with Crippen LogP contribution in [0.25, 0.3) is 0 Å². The Hall–Kier alpha value is -4.94. The summed E-state index contributed by atoms with van der Waals surface area (Å²) < 4.78 is 31.7. The molecule has 2 aliphatic heterocycles. The number of aromatic hydroxyl groups is 2. The summed E-state index contributed by atoms with van der Waals surface area (Å²) in [5.74, 6) is -7.42. The molecule has 0 bridgehead atoms. The Morgan fingerprint density at radius 1 is 1.14 bits per heavy atom. The molecule has 1 saturated carbocycles. The molecule has 1 saturated heterocycles. The lowest BCUT2D eigenvalue weighted by Crippen LogP contribution is -2.71. The molecule has 2 aromatic rings. The molecule has 1 aliphatic carbocycles. The Bertz CT molecular complexity index is 1990. The van der Waals surface area contributed by atoms with E-state index >= 15 is 0 Å². The Balaban J connectivity index is 0.000000973. The maximum Gasteiger partial charge on any atom is 0.490 e. The van der Waals surface area contributed by atoms with Crippen molar-refractivity contribution in [1.82, 2.24) is 20.5 Å². The van der Waals surface area contributed by atoms with Gasteiger partial charge in [-0.3, -0.25) is 19.3 Å². The predicted octanol–water partition coefficient (Wildman–Crippen LogP) is 3.33. The van der Waals surface area contributed by atoms with E-state index in [4.69, 9.17) is 32.1 Å². The lowest BCUT2D eigenvalue weighted by molar-refractivity contribution is -0.192. The highest BCUT2D eigenvalue weighted by Crippen LogP contribution is 2.41. The number of carboxylic acid groups (broad SMARTS) is 3. The normalized spacial score (nSPS) is 21.1. The Labute approximate surface area is 344 Å². The number of rotatable bonds is 14. The van der Waals surface area contributed by atoms with Crippen molar-refractivity contribution in [2.24, 2.45) is 17.0 Å². The number of benzene rings is 1. The van der Waals surface area contributed by atoms with Crippen molar-refractivity contribution in [1.29, 1.82) is 0 Å². The minimum absolute atomic E-state index is 0.0271. The van der Waals surface area contributed by atoms with E-state index in [9.17, 15) is 57.6 Å². The molecule has 3 heterocycles. The summed E-state index contributed by atoms with van der Waals surface area (Å²) in [6.45, 7) is 2.27. The number of carbonyl (C=O) groups is 6. The van der Waals surface area contributed by atoms with Crippen molar-refractivity contribution in [3.8, 4) is 11.5 Å². The number of alkyl halides is 3. The molecule has 1 unspecified atom stereocenters. The topological polar surface area (TPSA) is 291 Å². The molecule has 9 N–H and O–H groups in total. The smallest absolute Gasteiger partial charge is 0.490 e. The number of carboxylic acids is 3. The SMILES string of the molecule is CC1CCC(C(O/N=C(\C(=O)N[C@@H]2C(=O)N3C(C(=O)O)=C(CSCCNC(=O)c4ccc(O)c(O)c4Cl)CS[C@H]23)c2csc(N)n2)C(=O)O)CC1.O=C(O)C(F)(F)F. The molecule has 3 atom stereocenters. The van der Waals surface area contributed by atoms with Crippen molar-refractivity contribution < 1.29 is 72.3 Å². The summed E-state index contributed by atoms with van der Waals surface area (Å²) >= 11 is 9.56. The van der Waals surface area contributed by atoms with Gasteiger partial charge in [0.25, 0.3) is 17.7 Å². The molecule has 316 valence electrons. The third-order valence-corrected chi connectivity index (χ3v) is 12.3. The number of anilines is 1. The first-order chi connectivity index (χ1) is 27.2. The van der Waals surface area contributed by atoms with Crippen molar-refractivity contribution in [3.63, 3.8) is 0 Å². The maximum absolute atomic E-state index is 13.5. The van der Waals surface area contributed by atoms with Gasteiger partial charge in [-0.05, 0) is 36.5 Å². The van der Waals surface area contributed by atoms with Gasteiger partial charge in [0.15, 0.2) is 22.3 Å². The second kappa shape index (κ2) is 19.7. The largest absolute Gasteiger partial charge is 0.504 e. The number of nitrogens with two attached hydrogens (primary N) is 1. The number of oxime groups is 1. The van der Waals surface area contributed by atoms with Crippen molar-refractivity contribution in [2.45, 2.75) is 56.3 Å². The molecular weight excluding hydrogens is 861 g/mol. The van der Waals surface area contributed by atoms with Crippen molar-refractivity contribution in [2.75, 3.05) is 29.5 Å². The Kier molecular flexibility index (Phi) is 15.5. The third-order valence-electron chi connectivity index (χ3n) is 8.90. The fourth-order valence-electron chi connectivity index (χ4n) is 5.89. The van der Waals surface area contributed by atoms with E-state index in [1.54, 1.807) is 0 Å². The monoisotopic (exact) mass is 896 g/mol. The average Bonchev–Trinajstić information content (AvgIpc) is 3.59. The van der Waals surface area contributed by atoms with Gasteiger partial charge in [0.2, 0.25) is 6.10 Å². The average molecular weight is 897 g/mol. The van der Waals surface area contributed by atoms with E-state index in [2.05, 4.69) is 27.7 Å². The van der Waals surface area contributed by atoms with Gasteiger partial charge in [-0.15, -0.1) is 23.1 Å². The molecule has 0 spiro atoms. The fraction of sp³-hybridized carbons (Fsp3) is 0.455. The lowest BCUT2D eigenvalue weighted by Gasteiger charge is -2.49. The Morgan fingerprint density at radius 3 is 2.36 bits per heavy atom. The zero-order valence-electron chi connectivity index (χ0n) is 30.0. The summed E-state index contributed by atoms with van der Waals surface area (Å²) in [4.78, 5) is 83.3. The molecule has 1 aromatic carbocycles. The van der Waals surface area contributed by atoms with Gasteiger partial charge in [-0.2, -0.15) is 24.9 Å². The number of nitrogen functional groups attached to an aromatic ring is 1. The second-order valence-electron chi connectivity index (χ2n) is 12.9. The lowest BCUT2D eigenvalue weighted by atomic mass is 9.80. The van der Waals surface area contributed by atoms with E-state index in [1.165, 1.54) is 35.0 Å². The quantitative estimate of drug-likeness (QED) is 0.0444. The third kappa shape index (κ3) is 11.2. The van der Waals surface area contributed by atoms with Gasteiger partial charge in [0.1, 0.15) is 22.8 Å². The molecule has 0 radical (unpaired) electrons. The van der Waals surface area contributed by atoms with E-state index in [0.29, 0.717) is 30.1 Å². The highest BCUT2D eigenvalue weighted by molar-refractivity contribution is 8.01. The minimum Gasteiger partial charge on any atom is -0.504 e. The van der Waals surface area contributed by atoms with Crippen LogP contribution in [0.4, 0.5) is 18.3 Å². The number of aromatic nitrogens is 1. The summed E-state index contributed by atoms with van der Waals surface area (Å²) in [5, 5.41) is 56.0. The number of phenolic OH excluding ortho intramolecular Hbond substituents is 2. The van der Waals surface area contributed by atoms with Crippen LogP contribution in [0.2, 0.25) is 5.02 Å². The number of nitrogens with one attached hydrogen (secondary N) is 2. The number of carbonyl (C=O) groups excluding carboxylic acids is 3. The highest BCUT2D eigenvalue weighted by atomic mass is 35.5. The highest BCUT2D eigenvalue weighted by Gasteiger charge is 2.54. The number of phenols is 2. The minimum atomic E-state index is -5.08. The number of nitrogens with zero attached hydrogens (tertiary/aromatic N) is 3. The predicted molar refractivity (Wildman–Crippen MR) is 205 cm³/mol. The molecule has 5 rings (SSSR count). The molecule has 3 aliphatic rings. The molecule has 1 aromatic heterocycles. The summed E-state index contributed by atoms with van der Waals surface area (Å²) in [6, 6.07) is 1.30. The fourth-order valence-corrected chi connectivity index (χ4v) is 9.04. The van der Waals surface area contributed by atoms with Crippen LogP contribution in [-0.4, -0.2) is 124 Å². The molecular formula is C33H36ClF3N6O12S3. The van der Waals surface area contributed by atoms with Gasteiger partial charge in [0, 0.05) is 35.1 Å². The van der Waals surface area contributed by atoms with Crippen LogP contribution in [0.3, 0.4) is 0 Å². The Morgan fingerprint density at radius 2 is 1.79 bits per heavy atom. The second-order valence-corrected chi connectivity index (χ2v) is 16.4. The standard InChI is InChI=1S/C31H35ClN6O10S3.C2HF3O2/c1-13-2-4-14(5-3-13)24(30(46)47)48-37-20(17-12-51-31(33)35-17)26(42)36-21-27(43)38-22(29(44)45)15(11-50-28(21)38)10-49-9-8-34-25(41)16-6-7-18(39)23(40)19(16)32;3-2(4,5)1(6)7/h6-7,12-14,21,24,28,39-40H,2-5,8-11H2,1H3,(H2,33,35)(H,34,41)(H,36,42)(H,44,45)(H,46,47);(H,6,7)/b37-20-;/t13?,14?,21-,24?,28-;/m1./s1. The first kappa shape index (κ1) is 45.8. The zero-order valence-corrected chi connectivity index (χ0v) is 33.2. The van der Waals surface area contributed by atoms with Crippen molar-refractivity contribution >= 4 is 92.9 Å². The summed E-state index contributed by atoms with van der Waals surface area (Å²) in [6.07, 6.45) is -3.44. The van der Waals surface area contributed by atoms with Crippen LogP contribution >= 0.6 is 46.5 Å². The van der Waals surface area contributed by atoms with E-state index in [0.717, 1.165) is 35.1 Å². The number of thiazole rings is 1. The van der Waals surface area contributed by atoms with Crippen LogP contribution in [0.5, 0.6) is 11.5 Å². The number of fused-ring (bicyclic) bond motifs is 1. The first-order valence-electron chi connectivity index (χ1n) is 17.0. The van der Waals surface area contributed by atoms with Crippen LogP contribution in [0, 0.1) is 11.8 Å². The summed E-state index contributed by atoms with van der Waals surface area (Å²) in [5.41, 5.74) is 5.71. The maximum atomic E-state index is 13.5. The van der Waals surface area contributed by atoms with Gasteiger partial charge >= 0.3 is 24.1 Å². The zero-order chi connectivity index (χ0) is 43.1. The number of hydrogen-bond donors (Lipinski definition) is 8. The first-order valence-corrected chi connectivity index (χ1v) is 20.4. The van der Waals surface area contributed by atoms with Gasteiger partial charge < -0.3 is 46.7 Å². The van der Waals surface area contributed by atoms with Crippen molar-refractivity contribution in [3.05, 3.63) is 45.1 Å². The van der Waals surface area contributed by atoms with Crippen LogP contribution in [0.15, 0.2) is 33.9 Å². The number of halogens is 4. The number of hydrogen-bond acceptors (Lipinski definition) is 15. The van der Waals surface area contributed by atoms with Gasteiger partial charge in [-0.25, -0.2) is 19.4 Å². The molecule has 25 heteroatoms. The van der Waals surface area contributed by atoms with E-state index in [-0.39, 0.29) is 56.8 Å².